The Morgan fingerprint density at radius 1 is 1.38 bits per heavy atom. The van der Waals surface area contributed by atoms with Crippen molar-refractivity contribution in [3.8, 4) is 5.75 Å². The van der Waals surface area contributed by atoms with Gasteiger partial charge in [-0.25, -0.2) is 5.84 Å². The zero-order valence-electron chi connectivity index (χ0n) is 11.8. The minimum Gasteiger partial charge on any atom is -0.433 e. The lowest BCUT2D eigenvalue weighted by atomic mass is 10.3. The fourth-order valence-electron chi connectivity index (χ4n) is 1.52. The summed E-state index contributed by atoms with van der Waals surface area (Å²) in [6.45, 7) is 0.762. The molecule has 1 rings (SSSR count). The number of rotatable bonds is 8. The molecule has 0 aliphatic carbocycles. The molecule has 0 atom stereocenters. The van der Waals surface area contributed by atoms with Gasteiger partial charge in [-0.15, -0.1) is 0 Å². The number of anilines is 1. The molecule has 4 N–H and O–H groups in total. The summed E-state index contributed by atoms with van der Waals surface area (Å²) >= 11 is 0. The lowest BCUT2D eigenvalue weighted by molar-refractivity contribution is -0.0493. The zero-order chi connectivity index (χ0) is 15.5. The number of hydrazine groups is 1. The van der Waals surface area contributed by atoms with E-state index in [2.05, 4.69) is 20.5 Å². The number of nitrogens with one attached hydrogen (secondary N) is 2. The Morgan fingerprint density at radius 2 is 2.14 bits per heavy atom. The van der Waals surface area contributed by atoms with Crippen molar-refractivity contribution in [1.82, 2.24) is 5.43 Å². The van der Waals surface area contributed by atoms with E-state index < -0.39 is 6.61 Å². The molecule has 0 amide bonds. The molecule has 0 spiro atoms. The Balaban J connectivity index is 2.62. The van der Waals surface area contributed by atoms with Crippen molar-refractivity contribution >= 4 is 11.6 Å². The number of halogens is 2. The molecular formula is C13H20F2N4O2. The first kappa shape index (κ1) is 17.1. The molecule has 6 nitrogen and oxygen atoms in total. The maximum absolute atomic E-state index is 12.3. The largest absolute Gasteiger partial charge is 0.433 e. The Hall–Kier alpha value is -1.93. The maximum atomic E-state index is 12.3. The number of aliphatic imine (C=N–C) groups is 1. The Labute approximate surface area is 122 Å². The molecule has 8 heteroatoms. The highest BCUT2D eigenvalue weighted by Gasteiger charge is 2.10. The van der Waals surface area contributed by atoms with Crippen LogP contribution < -0.4 is 21.3 Å². The normalized spacial score (nSPS) is 11.6. The number of guanidine groups is 1. The van der Waals surface area contributed by atoms with Crippen LogP contribution >= 0.6 is 0 Å². The molecule has 21 heavy (non-hydrogen) atoms. The Morgan fingerprint density at radius 3 is 2.81 bits per heavy atom. The van der Waals surface area contributed by atoms with Crippen LogP contribution in [0.15, 0.2) is 29.3 Å². The lowest BCUT2D eigenvalue weighted by Gasteiger charge is -2.13. The number of nitrogens with zero attached hydrogens (tertiary/aromatic N) is 1. The lowest BCUT2D eigenvalue weighted by Crippen LogP contribution is -2.36. The number of hydrogen-bond acceptors (Lipinski definition) is 4. The number of benzene rings is 1. The van der Waals surface area contributed by atoms with Crippen LogP contribution in [0, 0.1) is 0 Å². The number of nitrogens with two attached hydrogens (primary N) is 1. The molecule has 0 saturated heterocycles. The monoisotopic (exact) mass is 302 g/mol. The van der Waals surface area contributed by atoms with Gasteiger partial charge in [-0.1, -0.05) is 12.1 Å². The first-order valence-electron chi connectivity index (χ1n) is 6.57. The van der Waals surface area contributed by atoms with E-state index in [1.807, 2.05) is 6.92 Å². The van der Waals surface area contributed by atoms with E-state index in [0.717, 1.165) is 6.42 Å². The molecule has 1 aromatic rings. The number of alkyl halides is 2. The predicted molar refractivity (Wildman–Crippen MR) is 77.4 cm³/mol. The van der Waals surface area contributed by atoms with Gasteiger partial charge in [-0.05, 0) is 25.5 Å². The van der Waals surface area contributed by atoms with Crippen LogP contribution in [0.3, 0.4) is 0 Å². The number of para-hydroxylation sites is 2. The topological polar surface area (TPSA) is 80.9 Å². The summed E-state index contributed by atoms with van der Waals surface area (Å²) in [5.41, 5.74) is 2.72. The fraction of sp³-hybridized carbons (Fsp3) is 0.462. The van der Waals surface area contributed by atoms with E-state index in [-0.39, 0.29) is 11.7 Å². The first-order chi connectivity index (χ1) is 10.2. The molecule has 0 fully saturated rings. The van der Waals surface area contributed by atoms with Gasteiger partial charge in [0.25, 0.3) is 0 Å². The highest BCUT2D eigenvalue weighted by Crippen LogP contribution is 2.25. The van der Waals surface area contributed by atoms with E-state index in [1.54, 1.807) is 18.2 Å². The van der Waals surface area contributed by atoms with Crippen LogP contribution in [0.25, 0.3) is 0 Å². The summed E-state index contributed by atoms with van der Waals surface area (Å²) in [7, 11) is 0. The average Bonchev–Trinajstić information content (AvgIpc) is 2.47. The molecule has 0 unspecified atom stereocenters. The summed E-state index contributed by atoms with van der Waals surface area (Å²) in [4.78, 5) is 4.18. The van der Waals surface area contributed by atoms with E-state index >= 15 is 0 Å². The smallest absolute Gasteiger partial charge is 0.387 e. The van der Waals surface area contributed by atoms with Crippen molar-refractivity contribution in [2.75, 3.05) is 25.1 Å². The average molecular weight is 302 g/mol. The quantitative estimate of drug-likeness (QED) is 0.225. The second-order valence-electron chi connectivity index (χ2n) is 3.92. The van der Waals surface area contributed by atoms with Gasteiger partial charge >= 0.3 is 6.61 Å². The molecule has 0 saturated carbocycles. The van der Waals surface area contributed by atoms with Crippen molar-refractivity contribution in [3.05, 3.63) is 24.3 Å². The van der Waals surface area contributed by atoms with Gasteiger partial charge in [0.05, 0.1) is 5.69 Å². The zero-order valence-corrected chi connectivity index (χ0v) is 11.8. The van der Waals surface area contributed by atoms with Gasteiger partial charge in [-0.2, -0.15) is 8.78 Å². The van der Waals surface area contributed by atoms with E-state index in [4.69, 9.17) is 10.6 Å². The van der Waals surface area contributed by atoms with Gasteiger partial charge < -0.3 is 14.8 Å². The Kier molecular flexibility index (Phi) is 8.07. The van der Waals surface area contributed by atoms with Gasteiger partial charge in [-0.3, -0.25) is 10.4 Å². The van der Waals surface area contributed by atoms with E-state index in [1.165, 1.54) is 6.07 Å². The van der Waals surface area contributed by atoms with Crippen LogP contribution in [0.5, 0.6) is 5.75 Å². The number of ether oxygens (including phenoxy) is 2. The number of hydrogen-bond donors (Lipinski definition) is 3. The second-order valence-corrected chi connectivity index (χ2v) is 3.92. The molecule has 118 valence electrons. The van der Waals surface area contributed by atoms with Crippen molar-refractivity contribution in [2.45, 2.75) is 20.0 Å². The van der Waals surface area contributed by atoms with Crippen molar-refractivity contribution in [2.24, 2.45) is 10.8 Å². The third kappa shape index (κ3) is 6.87. The SMILES string of the molecule is CCOCCCN=C(NN)Nc1ccccc1OC(F)F. The standard InChI is InChI=1S/C13H20F2N4O2/c1-2-20-9-5-8-17-13(19-16)18-10-6-3-4-7-11(10)21-12(14)15/h3-4,6-7,12H,2,5,8-9,16H2,1H3,(H2,17,18,19). The third-order valence-electron chi connectivity index (χ3n) is 2.41. The molecule has 0 aromatic heterocycles. The first-order valence-corrected chi connectivity index (χ1v) is 6.57. The molecule has 0 radical (unpaired) electrons. The third-order valence-corrected chi connectivity index (χ3v) is 2.41. The highest BCUT2D eigenvalue weighted by atomic mass is 19.3. The van der Waals surface area contributed by atoms with E-state index in [0.29, 0.717) is 25.4 Å². The minimum atomic E-state index is -2.90. The summed E-state index contributed by atoms with van der Waals surface area (Å²) in [5, 5.41) is 2.81. The van der Waals surface area contributed by atoms with Gasteiger partial charge in [0, 0.05) is 19.8 Å². The molecule has 0 aliphatic rings. The Bertz CT molecular complexity index is 444. The molecule has 0 heterocycles. The fourth-order valence-corrected chi connectivity index (χ4v) is 1.52. The predicted octanol–water partition coefficient (Wildman–Crippen LogP) is 1.95. The molecule has 0 bridgehead atoms. The van der Waals surface area contributed by atoms with Gasteiger partial charge in [0.15, 0.2) is 0 Å². The van der Waals surface area contributed by atoms with Crippen molar-refractivity contribution < 1.29 is 18.3 Å². The summed E-state index contributed by atoms with van der Waals surface area (Å²) in [5.74, 6) is 5.63. The van der Waals surface area contributed by atoms with Crippen LogP contribution in [0.4, 0.5) is 14.5 Å². The minimum absolute atomic E-state index is 0.0183. The summed E-state index contributed by atoms with van der Waals surface area (Å²) in [6.07, 6.45) is 0.732. The van der Waals surface area contributed by atoms with Gasteiger partial charge in [0.1, 0.15) is 5.75 Å². The second kappa shape index (κ2) is 9.89. The van der Waals surface area contributed by atoms with Crippen LogP contribution in [-0.2, 0) is 4.74 Å². The highest BCUT2D eigenvalue weighted by molar-refractivity contribution is 5.94. The van der Waals surface area contributed by atoms with Crippen LogP contribution in [0.1, 0.15) is 13.3 Å². The molecule has 1 aromatic carbocycles. The van der Waals surface area contributed by atoms with Gasteiger partial charge in [0.2, 0.25) is 5.96 Å². The van der Waals surface area contributed by atoms with Crippen LogP contribution in [-0.4, -0.2) is 32.3 Å². The van der Waals surface area contributed by atoms with Crippen LogP contribution in [0.2, 0.25) is 0 Å². The summed E-state index contributed by atoms with van der Waals surface area (Å²) < 4.78 is 34.2. The molecular weight excluding hydrogens is 282 g/mol. The maximum Gasteiger partial charge on any atom is 0.387 e. The van der Waals surface area contributed by atoms with Crippen molar-refractivity contribution in [1.29, 1.82) is 0 Å². The van der Waals surface area contributed by atoms with E-state index in [9.17, 15) is 8.78 Å². The molecule has 0 aliphatic heterocycles. The van der Waals surface area contributed by atoms with Crippen molar-refractivity contribution in [3.63, 3.8) is 0 Å². The summed E-state index contributed by atoms with van der Waals surface area (Å²) in [6, 6.07) is 6.30.